The van der Waals surface area contributed by atoms with Crippen molar-refractivity contribution in [1.29, 1.82) is 0 Å². The van der Waals surface area contributed by atoms with Crippen LogP contribution in [0.5, 0.6) is 0 Å². The van der Waals surface area contributed by atoms with Crippen LogP contribution in [0, 0.1) is 6.92 Å². The Morgan fingerprint density at radius 2 is 1.90 bits per heavy atom. The SMILES string of the molecule is C[N-]c1cc2cc(-c3ccccc3C)nc(N)c2cn1.Cn1cc(C2CC2)cn1.[K+]. The summed E-state index contributed by atoms with van der Waals surface area (Å²) in [6.07, 6.45) is 8.54. The number of anilines is 1. The van der Waals surface area contributed by atoms with E-state index in [0.717, 1.165) is 27.9 Å². The van der Waals surface area contributed by atoms with Gasteiger partial charge in [-0.05, 0) is 48.3 Å². The van der Waals surface area contributed by atoms with E-state index in [1.54, 1.807) is 13.2 Å². The van der Waals surface area contributed by atoms with Gasteiger partial charge in [0.2, 0.25) is 0 Å². The van der Waals surface area contributed by atoms with Crippen molar-refractivity contribution in [3.05, 3.63) is 71.4 Å². The Balaban J connectivity index is 0.000000214. The van der Waals surface area contributed by atoms with Crippen molar-refractivity contribution in [3.63, 3.8) is 0 Å². The number of aryl methyl sites for hydroxylation is 2. The van der Waals surface area contributed by atoms with Crippen molar-refractivity contribution >= 4 is 22.4 Å². The maximum atomic E-state index is 6.05. The van der Waals surface area contributed by atoms with E-state index in [0.29, 0.717) is 11.6 Å². The Kier molecular flexibility index (Phi) is 7.65. The Morgan fingerprint density at radius 3 is 2.53 bits per heavy atom. The molecule has 0 unspecified atom stereocenters. The van der Waals surface area contributed by atoms with E-state index in [-0.39, 0.29) is 51.4 Å². The Hall–Kier alpha value is -1.77. The van der Waals surface area contributed by atoms with E-state index < -0.39 is 0 Å². The monoisotopic (exact) mass is 424 g/mol. The minimum absolute atomic E-state index is 0. The largest absolute Gasteiger partial charge is 1.00 e. The third kappa shape index (κ3) is 5.28. The molecule has 0 radical (unpaired) electrons. The smallest absolute Gasteiger partial charge is 0.469 e. The Labute approximate surface area is 219 Å². The van der Waals surface area contributed by atoms with Gasteiger partial charge in [0.05, 0.1) is 11.9 Å². The van der Waals surface area contributed by atoms with Crippen molar-refractivity contribution in [3.8, 4) is 11.3 Å². The van der Waals surface area contributed by atoms with Gasteiger partial charge in [-0.2, -0.15) is 5.10 Å². The molecule has 2 N–H and O–H groups in total. The fraction of sp³-hybridized carbons (Fsp3) is 0.261. The molecule has 1 saturated carbocycles. The van der Waals surface area contributed by atoms with Gasteiger partial charge in [-0.15, -0.1) is 0 Å². The second-order valence-electron chi connectivity index (χ2n) is 7.42. The van der Waals surface area contributed by atoms with Crippen LogP contribution in [0.4, 0.5) is 11.6 Å². The van der Waals surface area contributed by atoms with Gasteiger partial charge in [0.1, 0.15) is 5.82 Å². The van der Waals surface area contributed by atoms with Crippen LogP contribution in [-0.4, -0.2) is 26.8 Å². The number of benzene rings is 1. The first-order valence-corrected chi connectivity index (χ1v) is 9.76. The van der Waals surface area contributed by atoms with Crippen LogP contribution in [0.3, 0.4) is 0 Å². The number of pyridine rings is 2. The number of fused-ring (bicyclic) bond motifs is 1. The van der Waals surface area contributed by atoms with Gasteiger partial charge in [0.25, 0.3) is 0 Å². The van der Waals surface area contributed by atoms with Gasteiger partial charge < -0.3 is 16.0 Å². The summed E-state index contributed by atoms with van der Waals surface area (Å²) < 4.78 is 1.87. The molecule has 0 bridgehead atoms. The second kappa shape index (κ2) is 10.0. The molecule has 5 rings (SSSR count). The number of hydrogen-bond acceptors (Lipinski definition) is 4. The van der Waals surface area contributed by atoms with Gasteiger partial charge in [-0.3, -0.25) is 4.68 Å². The molecule has 0 aliphatic heterocycles. The van der Waals surface area contributed by atoms with Crippen molar-refractivity contribution in [2.24, 2.45) is 7.05 Å². The van der Waals surface area contributed by atoms with Crippen LogP contribution in [-0.2, 0) is 7.05 Å². The zero-order chi connectivity index (χ0) is 20.4. The van der Waals surface area contributed by atoms with Gasteiger partial charge in [-0.25, -0.2) is 4.98 Å². The Bertz CT molecular complexity index is 1150. The summed E-state index contributed by atoms with van der Waals surface area (Å²) in [7, 11) is 3.69. The molecule has 148 valence electrons. The molecule has 0 saturated heterocycles. The molecule has 1 fully saturated rings. The predicted octanol–water partition coefficient (Wildman–Crippen LogP) is 2.12. The van der Waals surface area contributed by atoms with Crippen LogP contribution in [0.2, 0.25) is 0 Å². The molecule has 0 atom stereocenters. The number of hydrogen-bond donors (Lipinski definition) is 1. The quantitative estimate of drug-likeness (QED) is 0.511. The topological polar surface area (TPSA) is 83.7 Å². The van der Waals surface area contributed by atoms with Crippen LogP contribution < -0.4 is 57.1 Å². The summed E-state index contributed by atoms with van der Waals surface area (Å²) in [5.74, 6) is 2.04. The molecule has 7 heteroatoms. The molecular formula is C23H25KN6. The van der Waals surface area contributed by atoms with Crippen molar-refractivity contribution in [2.75, 3.05) is 12.8 Å². The molecule has 3 heterocycles. The molecule has 0 amide bonds. The van der Waals surface area contributed by atoms with E-state index >= 15 is 0 Å². The van der Waals surface area contributed by atoms with E-state index in [4.69, 9.17) is 5.73 Å². The maximum absolute atomic E-state index is 6.05. The van der Waals surface area contributed by atoms with E-state index in [1.807, 2.05) is 42.2 Å². The zero-order valence-corrected chi connectivity index (χ0v) is 21.1. The first-order chi connectivity index (χ1) is 14.0. The van der Waals surface area contributed by atoms with Crippen LogP contribution in [0.15, 0.2) is 55.0 Å². The number of rotatable bonds is 3. The summed E-state index contributed by atoms with van der Waals surface area (Å²) in [6.45, 7) is 2.07. The van der Waals surface area contributed by atoms with Crippen LogP contribution in [0.25, 0.3) is 27.3 Å². The molecule has 0 spiro atoms. The first kappa shape index (κ1) is 22.9. The summed E-state index contributed by atoms with van der Waals surface area (Å²) in [5, 5.41) is 10.1. The van der Waals surface area contributed by atoms with E-state index in [1.165, 1.54) is 24.0 Å². The van der Waals surface area contributed by atoms with Gasteiger partial charge in [0, 0.05) is 24.2 Å². The second-order valence-corrected chi connectivity index (χ2v) is 7.42. The van der Waals surface area contributed by atoms with Crippen LogP contribution in [0.1, 0.15) is 29.9 Å². The standard InChI is InChI=1S/C16H15N4.C7H10N2.K/c1-10-5-3-4-6-12(10)14-7-11-8-15(18-2)19-9-13(11)16(17)20-14;1-9-5-7(4-8-9)6-2-3-6;/h3-9H,1-2H3,(H2-,17,18,19,20);4-6H,2-3H2,1H3;/q-1;;+1. The van der Waals surface area contributed by atoms with E-state index in [9.17, 15) is 0 Å². The fourth-order valence-electron chi connectivity index (χ4n) is 3.35. The van der Waals surface area contributed by atoms with E-state index in [2.05, 4.69) is 45.6 Å². The third-order valence-corrected chi connectivity index (χ3v) is 5.15. The van der Waals surface area contributed by atoms with Crippen LogP contribution >= 0.6 is 0 Å². The third-order valence-electron chi connectivity index (χ3n) is 5.15. The van der Waals surface area contributed by atoms with Gasteiger partial charge in [-0.1, -0.05) is 49.4 Å². The summed E-state index contributed by atoms with van der Waals surface area (Å²) in [4.78, 5) is 8.71. The summed E-state index contributed by atoms with van der Waals surface area (Å²) in [6, 6.07) is 12.1. The summed E-state index contributed by atoms with van der Waals surface area (Å²) in [5.41, 5.74) is 10.6. The maximum Gasteiger partial charge on any atom is 1.00 e. The van der Waals surface area contributed by atoms with Crippen molar-refractivity contribution < 1.29 is 51.4 Å². The molecule has 4 aromatic rings. The zero-order valence-electron chi connectivity index (χ0n) is 18.0. The number of nitrogen functional groups attached to an aromatic ring is 1. The molecule has 30 heavy (non-hydrogen) atoms. The predicted molar refractivity (Wildman–Crippen MR) is 118 cm³/mol. The summed E-state index contributed by atoms with van der Waals surface area (Å²) >= 11 is 0. The molecule has 1 aromatic carbocycles. The van der Waals surface area contributed by atoms with Crippen molar-refractivity contribution in [1.82, 2.24) is 19.7 Å². The molecular weight excluding hydrogens is 399 g/mol. The molecule has 1 aliphatic rings. The number of nitrogens with two attached hydrogens (primary N) is 1. The number of aromatic nitrogens is 4. The molecule has 1 aliphatic carbocycles. The average Bonchev–Trinajstić information content (AvgIpc) is 3.49. The first-order valence-electron chi connectivity index (χ1n) is 9.76. The Morgan fingerprint density at radius 1 is 1.13 bits per heavy atom. The normalized spacial score (nSPS) is 12.6. The van der Waals surface area contributed by atoms with Crippen molar-refractivity contribution in [2.45, 2.75) is 25.7 Å². The average molecular weight is 425 g/mol. The minimum atomic E-state index is 0. The number of nitrogens with zero attached hydrogens (tertiary/aromatic N) is 5. The minimum Gasteiger partial charge on any atom is -0.469 e. The molecule has 3 aromatic heterocycles. The molecule has 6 nitrogen and oxygen atoms in total. The fourth-order valence-corrected chi connectivity index (χ4v) is 3.35. The van der Waals surface area contributed by atoms with Gasteiger partial charge in [0.15, 0.2) is 0 Å². The van der Waals surface area contributed by atoms with Gasteiger partial charge >= 0.3 is 51.4 Å².